The van der Waals surface area contributed by atoms with Gasteiger partial charge >= 0.3 is 0 Å². The van der Waals surface area contributed by atoms with Gasteiger partial charge in [0.2, 0.25) is 0 Å². The average Bonchev–Trinajstić information content (AvgIpc) is 2.73. The molecular formula is C17H24O3. The van der Waals surface area contributed by atoms with Crippen molar-refractivity contribution in [3.05, 3.63) is 23.3 Å². The highest BCUT2D eigenvalue weighted by molar-refractivity contribution is 6.02. The quantitative estimate of drug-likeness (QED) is 0.791. The van der Waals surface area contributed by atoms with Gasteiger partial charge in [-0.05, 0) is 36.5 Å². The summed E-state index contributed by atoms with van der Waals surface area (Å²) in [6.07, 6.45) is 4.18. The molecule has 3 nitrogen and oxygen atoms in total. The Kier molecular flexibility index (Phi) is 4.69. The van der Waals surface area contributed by atoms with Crippen LogP contribution in [0.4, 0.5) is 0 Å². The molecule has 20 heavy (non-hydrogen) atoms. The lowest BCUT2D eigenvalue weighted by molar-refractivity contribution is 0.0919. The summed E-state index contributed by atoms with van der Waals surface area (Å²) in [5.41, 5.74) is 1.91. The molecule has 0 saturated heterocycles. The van der Waals surface area contributed by atoms with E-state index in [1.165, 1.54) is 12.8 Å². The van der Waals surface area contributed by atoms with Gasteiger partial charge in [-0.25, -0.2) is 0 Å². The second-order valence-corrected chi connectivity index (χ2v) is 5.76. The lowest BCUT2D eigenvalue weighted by Crippen LogP contribution is -2.13. The summed E-state index contributed by atoms with van der Waals surface area (Å²) < 4.78 is 10.6. The van der Waals surface area contributed by atoms with Crippen LogP contribution in [0.15, 0.2) is 12.1 Å². The van der Waals surface area contributed by atoms with Crippen molar-refractivity contribution < 1.29 is 14.3 Å². The average molecular weight is 276 g/mol. The van der Waals surface area contributed by atoms with E-state index >= 15 is 0 Å². The molecule has 1 aliphatic rings. The molecule has 3 heteroatoms. The zero-order valence-electron chi connectivity index (χ0n) is 12.9. The number of carbonyl (C=O) groups excluding carboxylic acids is 1. The van der Waals surface area contributed by atoms with Crippen LogP contribution in [0.25, 0.3) is 0 Å². The first-order chi connectivity index (χ1) is 9.60. The Labute approximate surface area is 121 Å². The highest BCUT2D eigenvalue weighted by Gasteiger charge is 2.32. The minimum Gasteiger partial charge on any atom is -0.493 e. The maximum Gasteiger partial charge on any atom is 0.166 e. The van der Waals surface area contributed by atoms with Crippen molar-refractivity contribution in [1.82, 2.24) is 0 Å². The largest absolute Gasteiger partial charge is 0.493 e. The van der Waals surface area contributed by atoms with E-state index in [9.17, 15) is 4.79 Å². The molecule has 1 aromatic rings. The SMILES string of the molecule is CCCC(C)CC1Cc2cc(OC)c(OC)cc2C1=O. The van der Waals surface area contributed by atoms with Gasteiger partial charge in [-0.15, -0.1) is 0 Å². The first-order valence-corrected chi connectivity index (χ1v) is 7.39. The summed E-state index contributed by atoms with van der Waals surface area (Å²) in [5.74, 6) is 2.35. The predicted octanol–water partition coefficient (Wildman–Crippen LogP) is 3.89. The summed E-state index contributed by atoms with van der Waals surface area (Å²) in [6.45, 7) is 4.43. The van der Waals surface area contributed by atoms with Crippen molar-refractivity contribution in [1.29, 1.82) is 0 Å². The molecule has 110 valence electrons. The van der Waals surface area contributed by atoms with E-state index in [-0.39, 0.29) is 11.7 Å². The van der Waals surface area contributed by atoms with Gasteiger partial charge in [-0.2, -0.15) is 0 Å². The van der Waals surface area contributed by atoms with Crippen molar-refractivity contribution in [3.8, 4) is 11.5 Å². The number of ether oxygens (including phenoxy) is 2. The molecule has 0 heterocycles. The van der Waals surface area contributed by atoms with Gasteiger partial charge in [0, 0.05) is 11.5 Å². The molecule has 0 aliphatic heterocycles. The number of hydrogen-bond donors (Lipinski definition) is 0. The van der Waals surface area contributed by atoms with Gasteiger partial charge in [0.15, 0.2) is 17.3 Å². The highest BCUT2D eigenvalue weighted by Crippen LogP contribution is 2.38. The third-order valence-electron chi connectivity index (χ3n) is 4.18. The normalized spacial score (nSPS) is 18.8. The number of ketones is 1. The van der Waals surface area contributed by atoms with Crippen LogP contribution in [-0.4, -0.2) is 20.0 Å². The Morgan fingerprint density at radius 2 is 1.90 bits per heavy atom. The van der Waals surface area contributed by atoms with E-state index in [0.29, 0.717) is 17.4 Å². The minimum absolute atomic E-state index is 0.128. The van der Waals surface area contributed by atoms with Crippen molar-refractivity contribution in [3.63, 3.8) is 0 Å². The van der Waals surface area contributed by atoms with Crippen LogP contribution in [-0.2, 0) is 6.42 Å². The standard InChI is InChI=1S/C17H24O3/c1-5-6-11(2)7-13-8-12-9-15(19-3)16(20-4)10-14(12)17(13)18/h9-11,13H,5-8H2,1-4H3. The van der Waals surface area contributed by atoms with Gasteiger partial charge in [0.25, 0.3) is 0 Å². The Morgan fingerprint density at radius 1 is 1.25 bits per heavy atom. The Bertz CT molecular complexity index is 493. The van der Waals surface area contributed by atoms with E-state index in [2.05, 4.69) is 13.8 Å². The van der Waals surface area contributed by atoms with E-state index in [1.807, 2.05) is 12.1 Å². The van der Waals surface area contributed by atoms with Gasteiger partial charge in [-0.1, -0.05) is 26.7 Å². The summed E-state index contributed by atoms with van der Waals surface area (Å²) >= 11 is 0. The topological polar surface area (TPSA) is 35.5 Å². The Hall–Kier alpha value is -1.51. The molecular weight excluding hydrogens is 252 g/mol. The molecule has 0 amide bonds. The molecule has 0 fully saturated rings. The lowest BCUT2D eigenvalue weighted by atomic mass is 9.90. The second-order valence-electron chi connectivity index (χ2n) is 5.76. The van der Waals surface area contributed by atoms with E-state index in [1.54, 1.807) is 14.2 Å². The van der Waals surface area contributed by atoms with Crippen LogP contribution in [0.1, 0.15) is 49.0 Å². The van der Waals surface area contributed by atoms with Gasteiger partial charge in [0.05, 0.1) is 14.2 Å². The van der Waals surface area contributed by atoms with E-state index in [0.717, 1.165) is 24.0 Å². The fourth-order valence-electron chi connectivity index (χ4n) is 3.18. The number of benzene rings is 1. The summed E-state index contributed by atoms with van der Waals surface area (Å²) in [6, 6.07) is 3.79. The van der Waals surface area contributed by atoms with Crippen molar-refractivity contribution in [2.45, 2.75) is 39.5 Å². The van der Waals surface area contributed by atoms with Crippen molar-refractivity contribution >= 4 is 5.78 Å². The molecule has 0 bridgehead atoms. The van der Waals surface area contributed by atoms with E-state index in [4.69, 9.17) is 9.47 Å². The van der Waals surface area contributed by atoms with Gasteiger partial charge < -0.3 is 9.47 Å². The van der Waals surface area contributed by atoms with Gasteiger partial charge in [0.1, 0.15) is 0 Å². The van der Waals surface area contributed by atoms with Crippen molar-refractivity contribution in [2.75, 3.05) is 14.2 Å². The summed E-state index contributed by atoms with van der Waals surface area (Å²) in [5, 5.41) is 0. The van der Waals surface area contributed by atoms with Crippen LogP contribution in [0.5, 0.6) is 11.5 Å². The molecule has 2 unspecified atom stereocenters. The second kappa shape index (κ2) is 6.29. The third-order valence-corrected chi connectivity index (χ3v) is 4.18. The lowest BCUT2D eigenvalue weighted by Gasteiger charge is -2.14. The molecule has 2 rings (SSSR count). The molecule has 0 aromatic heterocycles. The molecule has 1 aromatic carbocycles. The molecule has 2 atom stereocenters. The first kappa shape index (κ1) is 14.9. The Balaban J connectivity index is 2.20. The molecule has 0 saturated carbocycles. The van der Waals surface area contributed by atoms with Crippen LogP contribution >= 0.6 is 0 Å². The number of hydrogen-bond acceptors (Lipinski definition) is 3. The highest BCUT2D eigenvalue weighted by atomic mass is 16.5. The van der Waals surface area contributed by atoms with Crippen molar-refractivity contribution in [2.24, 2.45) is 11.8 Å². The van der Waals surface area contributed by atoms with Crippen LogP contribution in [0.2, 0.25) is 0 Å². The molecule has 0 N–H and O–H groups in total. The van der Waals surface area contributed by atoms with Crippen LogP contribution in [0.3, 0.4) is 0 Å². The number of fused-ring (bicyclic) bond motifs is 1. The maximum atomic E-state index is 12.5. The third kappa shape index (κ3) is 2.82. The first-order valence-electron chi connectivity index (χ1n) is 7.39. The number of carbonyl (C=O) groups is 1. The fourth-order valence-corrected chi connectivity index (χ4v) is 3.18. The molecule has 0 radical (unpaired) electrons. The molecule has 1 aliphatic carbocycles. The van der Waals surface area contributed by atoms with Crippen LogP contribution < -0.4 is 9.47 Å². The smallest absolute Gasteiger partial charge is 0.166 e. The van der Waals surface area contributed by atoms with Crippen LogP contribution in [0, 0.1) is 11.8 Å². The number of Topliss-reactive ketones (excluding diaryl/α,β-unsaturated/α-hetero) is 1. The van der Waals surface area contributed by atoms with E-state index < -0.39 is 0 Å². The summed E-state index contributed by atoms with van der Waals surface area (Å²) in [7, 11) is 3.23. The zero-order chi connectivity index (χ0) is 14.7. The minimum atomic E-state index is 0.128. The fraction of sp³-hybridized carbons (Fsp3) is 0.588. The number of rotatable bonds is 6. The molecule has 0 spiro atoms. The predicted molar refractivity (Wildman–Crippen MR) is 79.8 cm³/mol. The Morgan fingerprint density at radius 3 is 2.50 bits per heavy atom. The zero-order valence-corrected chi connectivity index (χ0v) is 12.9. The number of methoxy groups -OCH3 is 2. The summed E-state index contributed by atoms with van der Waals surface area (Å²) in [4.78, 5) is 12.5. The van der Waals surface area contributed by atoms with Gasteiger partial charge in [-0.3, -0.25) is 4.79 Å². The monoisotopic (exact) mass is 276 g/mol. The maximum absolute atomic E-state index is 12.5.